The first kappa shape index (κ1) is 12.0. The first-order valence-electron chi connectivity index (χ1n) is 6.02. The van der Waals surface area contributed by atoms with Crippen molar-refractivity contribution >= 4 is 0 Å². The third-order valence-electron chi connectivity index (χ3n) is 2.64. The second-order valence-electron chi connectivity index (χ2n) is 4.00. The Morgan fingerprint density at radius 3 is 2.88 bits per heavy atom. The number of methoxy groups -OCH3 is 1. The van der Waals surface area contributed by atoms with Crippen LogP contribution in [0.3, 0.4) is 0 Å². The molecule has 0 saturated heterocycles. The highest BCUT2D eigenvalue weighted by Gasteiger charge is 2.18. The molecule has 4 heteroatoms. The summed E-state index contributed by atoms with van der Waals surface area (Å²) < 4.78 is 16.5. The molecule has 0 unspecified atom stereocenters. The summed E-state index contributed by atoms with van der Waals surface area (Å²) in [6.45, 7) is 5.16. The minimum absolute atomic E-state index is 0.580. The number of benzene rings is 1. The summed E-state index contributed by atoms with van der Waals surface area (Å²) >= 11 is 0. The molecule has 1 aliphatic rings. The first-order chi connectivity index (χ1) is 8.35. The Labute approximate surface area is 102 Å². The van der Waals surface area contributed by atoms with Crippen molar-refractivity contribution in [3.8, 4) is 17.2 Å². The van der Waals surface area contributed by atoms with Gasteiger partial charge in [0.1, 0.15) is 13.2 Å². The van der Waals surface area contributed by atoms with Gasteiger partial charge in [0, 0.05) is 6.54 Å². The molecule has 0 aromatic heterocycles. The first-order valence-corrected chi connectivity index (χ1v) is 6.02. The Hall–Kier alpha value is -1.42. The number of hydrogen-bond acceptors (Lipinski definition) is 4. The molecular weight excluding hydrogens is 218 g/mol. The lowest BCUT2D eigenvalue weighted by Crippen LogP contribution is -2.18. The Morgan fingerprint density at radius 2 is 2.12 bits per heavy atom. The van der Waals surface area contributed by atoms with E-state index >= 15 is 0 Å². The Balaban J connectivity index is 2.17. The quantitative estimate of drug-likeness (QED) is 0.795. The average Bonchev–Trinajstić information content (AvgIpc) is 2.38. The molecule has 0 aliphatic carbocycles. The Morgan fingerprint density at radius 1 is 1.29 bits per heavy atom. The highest BCUT2D eigenvalue weighted by molar-refractivity contribution is 5.54. The zero-order chi connectivity index (χ0) is 12.1. The van der Waals surface area contributed by atoms with Gasteiger partial charge in [0.15, 0.2) is 11.5 Å². The van der Waals surface area contributed by atoms with Gasteiger partial charge in [-0.2, -0.15) is 0 Å². The van der Waals surface area contributed by atoms with Crippen molar-refractivity contribution in [3.63, 3.8) is 0 Å². The minimum atomic E-state index is 0.580. The van der Waals surface area contributed by atoms with E-state index in [2.05, 4.69) is 12.2 Å². The number of hydrogen-bond donors (Lipinski definition) is 1. The molecule has 0 saturated carbocycles. The SMILES string of the molecule is CCCNCc1cc(OC)c2c(c1)OCCO2. The van der Waals surface area contributed by atoms with E-state index in [4.69, 9.17) is 14.2 Å². The van der Waals surface area contributed by atoms with Gasteiger partial charge in [-0.1, -0.05) is 6.92 Å². The van der Waals surface area contributed by atoms with Crippen molar-refractivity contribution in [2.45, 2.75) is 19.9 Å². The van der Waals surface area contributed by atoms with Crippen molar-refractivity contribution in [2.24, 2.45) is 0 Å². The molecule has 0 bridgehead atoms. The van der Waals surface area contributed by atoms with Crippen LogP contribution >= 0.6 is 0 Å². The summed E-state index contributed by atoms with van der Waals surface area (Å²) in [4.78, 5) is 0. The summed E-state index contributed by atoms with van der Waals surface area (Å²) in [5, 5.41) is 3.36. The maximum atomic E-state index is 5.58. The fraction of sp³-hybridized carbons (Fsp3) is 0.538. The molecule has 1 N–H and O–H groups in total. The number of ether oxygens (including phenoxy) is 3. The second-order valence-corrected chi connectivity index (χ2v) is 4.00. The van der Waals surface area contributed by atoms with Gasteiger partial charge >= 0.3 is 0 Å². The summed E-state index contributed by atoms with van der Waals surface area (Å²) in [5.74, 6) is 2.25. The number of fused-ring (bicyclic) bond motifs is 1. The van der Waals surface area contributed by atoms with Crippen LogP contribution in [0.2, 0.25) is 0 Å². The topological polar surface area (TPSA) is 39.7 Å². The Kier molecular flexibility index (Phi) is 4.09. The monoisotopic (exact) mass is 237 g/mol. The van der Waals surface area contributed by atoms with E-state index in [1.807, 2.05) is 12.1 Å². The van der Waals surface area contributed by atoms with Gasteiger partial charge in [-0.25, -0.2) is 0 Å². The van der Waals surface area contributed by atoms with Crippen LogP contribution in [0.1, 0.15) is 18.9 Å². The molecule has 4 nitrogen and oxygen atoms in total. The average molecular weight is 237 g/mol. The molecule has 0 spiro atoms. The zero-order valence-corrected chi connectivity index (χ0v) is 10.4. The van der Waals surface area contributed by atoms with E-state index in [-0.39, 0.29) is 0 Å². The van der Waals surface area contributed by atoms with Gasteiger partial charge in [-0.05, 0) is 30.7 Å². The third kappa shape index (κ3) is 2.82. The predicted molar refractivity (Wildman–Crippen MR) is 66.0 cm³/mol. The van der Waals surface area contributed by atoms with Gasteiger partial charge in [0.2, 0.25) is 5.75 Å². The van der Waals surface area contributed by atoms with E-state index in [1.54, 1.807) is 7.11 Å². The highest BCUT2D eigenvalue weighted by Crippen LogP contribution is 2.40. The Bertz CT molecular complexity index is 362. The minimum Gasteiger partial charge on any atom is -0.493 e. The smallest absolute Gasteiger partial charge is 0.203 e. The molecule has 1 aliphatic heterocycles. The molecule has 1 aromatic rings. The maximum Gasteiger partial charge on any atom is 0.203 e. The third-order valence-corrected chi connectivity index (χ3v) is 2.64. The van der Waals surface area contributed by atoms with Crippen molar-refractivity contribution in [1.29, 1.82) is 0 Å². The predicted octanol–water partition coefficient (Wildman–Crippen LogP) is 1.97. The maximum absolute atomic E-state index is 5.58. The van der Waals surface area contributed by atoms with Crippen LogP contribution in [0.15, 0.2) is 12.1 Å². The van der Waals surface area contributed by atoms with Gasteiger partial charge in [0.05, 0.1) is 7.11 Å². The van der Waals surface area contributed by atoms with E-state index in [0.717, 1.165) is 42.3 Å². The van der Waals surface area contributed by atoms with Crippen LogP contribution in [0.5, 0.6) is 17.2 Å². The lowest BCUT2D eigenvalue weighted by molar-refractivity contribution is 0.165. The van der Waals surface area contributed by atoms with E-state index in [1.165, 1.54) is 0 Å². The van der Waals surface area contributed by atoms with Gasteiger partial charge < -0.3 is 19.5 Å². The lowest BCUT2D eigenvalue weighted by atomic mass is 10.1. The molecule has 0 amide bonds. The van der Waals surface area contributed by atoms with E-state index < -0.39 is 0 Å². The van der Waals surface area contributed by atoms with Gasteiger partial charge in [0.25, 0.3) is 0 Å². The summed E-state index contributed by atoms with van der Waals surface area (Å²) in [6, 6.07) is 4.01. The van der Waals surface area contributed by atoms with Crippen molar-refractivity contribution < 1.29 is 14.2 Å². The summed E-state index contributed by atoms with van der Waals surface area (Å²) in [6.07, 6.45) is 1.13. The largest absolute Gasteiger partial charge is 0.493 e. The number of nitrogens with one attached hydrogen (secondary N) is 1. The van der Waals surface area contributed by atoms with Crippen LogP contribution in [0.4, 0.5) is 0 Å². The normalized spacial score (nSPS) is 13.5. The van der Waals surface area contributed by atoms with Crippen LogP contribution in [-0.2, 0) is 6.54 Å². The molecule has 1 heterocycles. The highest BCUT2D eigenvalue weighted by atomic mass is 16.6. The molecule has 17 heavy (non-hydrogen) atoms. The fourth-order valence-corrected chi connectivity index (χ4v) is 1.84. The molecule has 2 rings (SSSR count). The molecule has 0 radical (unpaired) electrons. The van der Waals surface area contributed by atoms with Crippen molar-refractivity contribution in [2.75, 3.05) is 26.9 Å². The molecule has 1 aromatic carbocycles. The molecule has 94 valence electrons. The standard InChI is InChI=1S/C13H19NO3/c1-3-4-14-9-10-7-11(15-2)13-12(8-10)16-5-6-17-13/h7-8,14H,3-6,9H2,1-2H3. The molecular formula is C13H19NO3. The van der Waals surface area contributed by atoms with Crippen LogP contribution in [0, 0.1) is 0 Å². The van der Waals surface area contributed by atoms with Crippen LogP contribution in [-0.4, -0.2) is 26.9 Å². The van der Waals surface area contributed by atoms with Gasteiger partial charge in [-0.15, -0.1) is 0 Å². The van der Waals surface area contributed by atoms with E-state index in [9.17, 15) is 0 Å². The van der Waals surface area contributed by atoms with Crippen LogP contribution < -0.4 is 19.5 Å². The second kappa shape index (κ2) is 5.77. The lowest BCUT2D eigenvalue weighted by Gasteiger charge is -2.21. The van der Waals surface area contributed by atoms with Crippen molar-refractivity contribution in [1.82, 2.24) is 5.32 Å². The zero-order valence-electron chi connectivity index (χ0n) is 10.4. The summed E-state index contributed by atoms with van der Waals surface area (Å²) in [5.41, 5.74) is 1.15. The van der Waals surface area contributed by atoms with Crippen LogP contribution in [0.25, 0.3) is 0 Å². The van der Waals surface area contributed by atoms with E-state index in [0.29, 0.717) is 13.2 Å². The molecule has 0 fully saturated rings. The summed E-state index contributed by atoms with van der Waals surface area (Å²) in [7, 11) is 1.65. The fourth-order valence-electron chi connectivity index (χ4n) is 1.84. The molecule has 0 atom stereocenters. The van der Waals surface area contributed by atoms with Crippen molar-refractivity contribution in [3.05, 3.63) is 17.7 Å². The number of rotatable bonds is 5. The van der Waals surface area contributed by atoms with Gasteiger partial charge in [-0.3, -0.25) is 0 Å².